The average molecular weight is 484 g/mol. The van der Waals surface area contributed by atoms with Crippen molar-refractivity contribution >= 4 is 11.4 Å². The summed E-state index contributed by atoms with van der Waals surface area (Å²) in [4.78, 5) is 0. The molecule has 0 unspecified atom stereocenters. The number of halogens is 6. The molecule has 0 saturated carbocycles. The fourth-order valence-electron chi connectivity index (χ4n) is 4.71. The van der Waals surface area contributed by atoms with Crippen molar-refractivity contribution in [3.8, 4) is 33.4 Å². The molecule has 1 aliphatic rings. The molecule has 0 amide bonds. The highest BCUT2D eigenvalue weighted by Crippen LogP contribution is 2.48. The molecule has 4 aromatic carbocycles. The first-order chi connectivity index (χ1) is 16.4. The summed E-state index contributed by atoms with van der Waals surface area (Å²) in [5.41, 5.74) is 13.1. The van der Waals surface area contributed by atoms with Crippen LogP contribution in [0.15, 0.2) is 72.8 Å². The Bertz CT molecular complexity index is 1470. The van der Waals surface area contributed by atoms with Crippen LogP contribution in [0.2, 0.25) is 0 Å². The Morgan fingerprint density at radius 3 is 1.74 bits per heavy atom. The summed E-state index contributed by atoms with van der Waals surface area (Å²) in [5.74, 6) is 0. The van der Waals surface area contributed by atoms with E-state index >= 15 is 0 Å². The molecule has 1 aliphatic carbocycles. The maximum absolute atomic E-state index is 13.7. The van der Waals surface area contributed by atoms with Crippen LogP contribution in [-0.4, -0.2) is 0 Å². The summed E-state index contributed by atoms with van der Waals surface area (Å²) in [6, 6.07) is 18.2. The minimum absolute atomic E-state index is 0.200. The fraction of sp³-hybridized carbons (Fsp3) is 0.111. The lowest BCUT2D eigenvalue weighted by Crippen LogP contribution is -2.10. The first kappa shape index (κ1) is 22.8. The van der Waals surface area contributed by atoms with Crippen molar-refractivity contribution in [3.63, 3.8) is 0 Å². The Hall–Kier alpha value is -3.94. The normalized spacial score (nSPS) is 13.0. The third-order valence-corrected chi connectivity index (χ3v) is 6.30. The predicted octanol–water partition coefficient (Wildman–Crippen LogP) is 7.79. The number of benzene rings is 4. The van der Waals surface area contributed by atoms with Gasteiger partial charge in [-0.2, -0.15) is 26.3 Å². The molecule has 4 aromatic rings. The molecule has 0 spiro atoms. The van der Waals surface area contributed by atoms with Crippen LogP contribution in [0.5, 0.6) is 0 Å². The number of anilines is 2. The van der Waals surface area contributed by atoms with Crippen LogP contribution in [0.3, 0.4) is 0 Å². The van der Waals surface area contributed by atoms with Crippen molar-refractivity contribution in [2.24, 2.45) is 0 Å². The lowest BCUT2D eigenvalue weighted by Gasteiger charge is -2.19. The smallest absolute Gasteiger partial charge is 0.398 e. The second-order valence-corrected chi connectivity index (χ2v) is 8.45. The van der Waals surface area contributed by atoms with Gasteiger partial charge in [0.05, 0.1) is 11.1 Å². The van der Waals surface area contributed by atoms with Crippen molar-refractivity contribution in [3.05, 3.63) is 95.1 Å². The van der Waals surface area contributed by atoms with Gasteiger partial charge in [0.15, 0.2) is 0 Å². The van der Waals surface area contributed by atoms with E-state index < -0.39 is 34.9 Å². The molecule has 2 nitrogen and oxygen atoms in total. The van der Waals surface area contributed by atoms with Crippen molar-refractivity contribution in [2.75, 3.05) is 11.5 Å². The minimum atomic E-state index is -4.69. The second-order valence-electron chi connectivity index (χ2n) is 8.45. The molecule has 0 radical (unpaired) electrons. The molecule has 0 fully saturated rings. The van der Waals surface area contributed by atoms with Crippen LogP contribution >= 0.6 is 0 Å². The van der Waals surface area contributed by atoms with Gasteiger partial charge in [-0.05, 0) is 75.2 Å². The summed E-state index contributed by atoms with van der Waals surface area (Å²) in [6.45, 7) is 0. The van der Waals surface area contributed by atoms with Gasteiger partial charge in [-0.1, -0.05) is 48.5 Å². The third kappa shape index (κ3) is 3.88. The van der Waals surface area contributed by atoms with E-state index in [1.54, 1.807) is 12.1 Å². The largest absolute Gasteiger partial charge is 0.418 e. The van der Waals surface area contributed by atoms with Crippen LogP contribution in [0.25, 0.3) is 33.4 Å². The lowest BCUT2D eigenvalue weighted by molar-refractivity contribution is -0.137. The number of hydrogen-bond donors (Lipinski definition) is 2. The van der Waals surface area contributed by atoms with Gasteiger partial charge in [0, 0.05) is 11.4 Å². The monoisotopic (exact) mass is 484 g/mol. The van der Waals surface area contributed by atoms with E-state index in [1.807, 2.05) is 24.3 Å². The van der Waals surface area contributed by atoms with E-state index in [2.05, 4.69) is 0 Å². The molecule has 35 heavy (non-hydrogen) atoms. The van der Waals surface area contributed by atoms with Gasteiger partial charge in [-0.15, -0.1) is 0 Å². The Morgan fingerprint density at radius 1 is 0.571 bits per heavy atom. The number of fused-ring (bicyclic) bond motifs is 3. The summed E-state index contributed by atoms with van der Waals surface area (Å²) >= 11 is 0. The summed E-state index contributed by atoms with van der Waals surface area (Å²) in [5, 5.41) is 0. The van der Waals surface area contributed by atoms with Crippen LogP contribution in [-0.2, 0) is 18.8 Å². The molecule has 0 aromatic heterocycles. The Kier molecular flexibility index (Phi) is 5.09. The van der Waals surface area contributed by atoms with Gasteiger partial charge in [-0.25, -0.2) is 0 Å². The highest BCUT2D eigenvalue weighted by atomic mass is 19.4. The Balaban J connectivity index is 1.81. The molecule has 8 heteroatoms. The number of alkyl halides is 6. The number of rotatable bonds is 2. The SMILES string of the molecule is Nc1ccc(-c2ccc3c(c2-c2ccc(N)c(C(F)(F)F)c2)Cc2ccccc2-3)cc1C(F)(F)F. The molecule has 0 aliphatic heterocycles. The Morgan fingerprint density at radius 2 is 1.11 bits per heavy atom. The first-order valence-electron chi connectivity index (χ1n) is 10.6. The molecule has 178 valence electrons. The second kappa shape index (κ2) is 7.80. The van der Waals surface area contributed by atoms with Crippen molar-refractivity contribution in [2.45, 2.75) is 18.8 Å². The molecule has 0 bridgehead atoms. The Labute approximate surface area is 196 Å². The van der Waals surface area contributed by atoms with Gasteiger partial charge in [0.25, 0.3) is 0 Å². The standard InChI is InChI=1S/C27H18F6N2/c28-26(29,30)21-12-15(5-9-23(21)34)18-7-8-19-17-4-2-1-3-14(17)11-20(19)25(18)16-6-10-24(35)22(13-16)27(31,32)33/h1-10,12-13H,11,34-35H2. The van der Waals surface area contributed by atoms with Crippen molar-refractivity contribution in [1.82, 2.24) is 0 Å². The molecule has 5 rings (SSSR count). The first-order valence-corrected chi connectivity index (χ1v) is 10.6. The summed E-state index contributed by atoms with van der Waals surface area (Å²) in [7, 11) is 0. The predicted molar refractivity (Wildman–Crippen MR) is 124 cm³/mol. The zero-order valence-electron chi connectivity index (χ0n) is 18.1. The van der Waals surface area contributed by atoms with E-state index in [4.69, 9.17) is 11.5 Å². The summed E-state index contributed by atoms with van der Waals surface area (Å²) in [6.07, 6.45) is -8.94. The molecular weight excluding hydrogens is 466 g/mol. The molecule has 0 heterocycles. The molecule has 0 atom stereocenters. The number of nitrogens with two attached hydrogens (primary N) is 2. The van der Waals surface area contributed by atoms with Crippen LogP contribution in [0, 0.1) is 0 Å². The van der Waals surface area contributed by atoms with E-state index in [9.17, 15) is 26.3 Å². The molecule has 0 saturated heterocycles. The van der Waals surface area contributed by atoms with Gasteiger partial charge < -0.3 is 11.5 Å². The van der Waals surface area contributed by atoms with Gasteiger partial charge in [0.1, 0.15) is 0 Å². The van der Waals surface area contributed by atoms with Gasteiger partial charge >= 0.3 is 12.4 Å². The van der Waals surface area contributed by atoms with Crippen LogP contribution in [0.4, 0.5) is 37.7 Å². The third-order valence-electron chi connectivity index (χ3n) is 6.30. The zero-order valence-corrected chi connectivity index (χ0v) is 18.1. The summed E-state index contributed by atoms with van der Waals surface area (Å²) < 4.78 is 81.7. The minimum Gasteiger partial charge on any atom is -0.398 e. The van der Waals surface area contributed by atoms with E-state index in [0.29, 0.717) is 17.5 Å². The van der Waals surface area contributed by atoms with Crippen LogP contribution < -0.4 is 11.5 Å². The topological polar surface area (TPSA) is 52.0 Å². The number of hydrogen-bond acceptors (Lipinski definition) is 2. The highest BCUT2D eigenvalue weighted by molar-refractivity contribution is 5.94. The van der Waals surface area contributed by atoms with E-state index in [-0.39, 0.29) is 11.1 Å². The van der Waals surface area contributed by atoms with Crippen molar-refractivity contribution in [1.29, 1.82) is 0 Å². The molecule has 4 N–H and O–H groups in total. The van der Waals surface area contributed by atoms with Crippen LogP contribution in [0.1, 0.15) is 22.3 Å². The maximum atomic E-state index is 13.7. The lowest BCUT2D eigenvalue weighted by atomic mass is 9.86. The highest BCUT2D eigenvalue weighted by Gasteiger charge is 2.35. The quantitative estimate of drug-likeness (QED) is 0.198. The van der Waals surface area contributed by atoms with Gasteiger partial charge in [0.2, 0.25) is 0 Å². The van der Waals surface area contributed by atoms with E-state index in [0.717, 1.165) is 40.5 Å². The molecular formula is C27H18F6N2. The maximum Gasteiger partial charge on any atom is 0.418 e. The number of nitrogen functional groups attached to an aromatic ring is 2. The average Bonchev–Trinajstić information content (AvgIpc) is 3.16. The van der Waals surface area contributed by atoms with Gasteiger partial charge in [-0.3, -0.25) is 0 Å². The van der Waals surface area contributed by atoms with E-state index in [1.165, 1.54) is 18.2 Å². The van der Waals surface area contributed by atoms with Crippen molar-refractivity contribution < 1.29 is 26.3 Å². The zero-order chi connectivity index (χ0) is 25.1. The fourth-order valence-corrected chi connectivity index (χ4v) is 4.71.